The van der Waals surface area contributed by atoms with Crippen molar-refractivity contribution in [3.8, 4) is 0 Å². The molecule has 0 nitrogen and oxygen atoms in total. The van der Waals surface area contributed by atoms with E-state index in [2.05, 4.69) is 38.2 Å². The van der Waals surface area contributed by atoms with Gasteiger partial charge in [0.1, 0.15) is 0 Å². The van der Waals surface area contributed by atoms with Crippen molar-refractivity contribution >= 4 is 0 Å². The maximum absolute atomic E-state index is 2.41. The molecule has 0 heterocycles. The third-order valence-corrected chi connectivity index (χ3v) is 3.15. The van der Waals surface area contributed by atoms with Crippen molar-refractivity contribution in [3.63, 3.8) is 0 Å². The zero-order valence-corrected chi connectivity index (χ0v) is 8.59. The second kappa shape index (κ2) is 3.53. The van der Waals surface area contributed by atoms with Crippen LogP contribution in [0.4, 0.5) is 0 Å². The summed E-state index contributed by atoms with van der Waals surface area (Å²) in [7, 11) is 0. The van der Waals surface area contributed by atoms with Crippen LogP contribution < -0.4 is 0 Å². The lowest BCUT2D eigenvalue weighted by atomic mass is 9.75. The van der Waals surface area contributed by atoms with E-state index in [1.54, 1.807) is 5.57 Å². The number of hydrogen-bond donors (Lipinski definition) is 0. The predicted octanol–water partition coefficient (Wildman–Crippen LogP) is 3.87. The highest BCUT2D eigenvalue weighted by atomic mass is 14.3. The molecule has 13 heavy (non-hydrogen) atoms. The first kappa shape index (κ1) is 8.80. The summed E-state index contributed by atoms with van der Waals surface area (Å²) in [4.78, 5) is 0. The molecule has 0 aliphatic heterocycles. The van der Waals surface area contributed by atoms with Crippen LogP contribution in [0.3, 0.4) is 0 Å². The third kappa shape index (κ3) is 1.63. The van der Waals surface area contributed by atoms with Crippen molar-refractivity contribution in [2.45, 2.75) is 33.1 Å². The van der Waals surface area contributed by atoms with Crippen molar-refractivity contribution in [1.82, 2.24) is 0 Å². The van der Waals surface area contributed by atoms with Crippen LogP contribution in [0.1, 0.15) is 33.1 Å². The van der Waals surface area contributed by atoms with Crippen molar-refractivity contribution in [2.75, 3.05) is 0 Å². The second-order valence-corrected chi connectivity index (χ2v) is 4.38. The van der Waals surface area contributed by atoms with E-state index in [4.69, 9.17) is 0 Å². The van der Waals surface area contributed by atoms with Crippen molar-refractivity contribution in [3.05, 3.63) is 35.5 Å². The zero-order valence-electron chi connectivity index (χ0n) is 8.59. The molecular weight excluding hydrogens is 156 g/mol. The fourth-order valence-electron chi connectivity index (χ4n) is 2.42. The van der Waals surface area contributed by atoms with Gasteiger partial charge < -0.3 is 0 Å². The molecule has 0 saturated heterocycles. The molecule has 0 fully saturated rings. The van der Waals surface area contributed by atoms with Crippen molar-refractivity contribution < 1.29 is 0 Å². The molecule has 0 amide bonds. The van der Waals surface area contributed by atoms with E-state index >= 15 is 0 Å². The smallest absolute Gasteiger partial charge is 0.0133 e. The average molecular weight is 174 g/mol. The Morgan fingerprint density at radius 3 is 2.92 bits per heavy atom. The third-order valence-electron chi connectivity index (χ3n) is 3.15. The molecule has 1 unspecified atom stereocenters. The molecule has 0 bridgehead atoms. The van der Waals surface area contributed by atoms with Crippen LogP contribution in [0.2, 0.25) is 0 Å². The minimum atomic E-state index is 0.793. The quantitative estimate of drug-likeness (QED) is 0.566. The molecule has 0 aromatic heterocycles. The highest BCUT2D eigenvalue weighted by molar-refractivity contribution is 5.46. The lowest BCUT2D eigenvalue weighted by Gasteiger charge is -2.29. The maximum atomic E-state index is 2.41. The SMILES string of the molecule is CC(C)C1CCC=C2C=CCC=C21. The number of rotatable bonds is 1. The molecule has 2 aliphatic carbocycles. The highest BCUT2D eigenvalue weighted by Gasteiger charge is 2.23. The molecule has 0 N–H and O–H groups in total. The lowest BCUT2D eigenvalue weighted by Crippen LogP contribution is -2.17. The maximum Gasteiger partial charge on any atom is -0.0133 e. The number of hydrogen-bond acceptors (Lipinski definition) is 0. The van der Waals surface area contributed by atoms with Crippen LogP contribution in [-0.2, 0) is 0 Å². The van der Waals surface area contributed by atoms with Gasteiger partial charge >= 0.3 is 0 Å². The molecule has 0 heteroatoms. The molecule has 2 aliphatic rings. The largest absolute Gasteiger partial charge is 0.0801 e. The van der Waals surface area contributed by atoms with Crippen LogP contribution >= 0.6 is 0 Å². The fraction of sp³-hybridized carbons (Fsp3) is 0.538. The van der Waals surface area contributed by atoms with Crippen LogP contribution in [0, 0.1) is 11.8 Å². The molecule has 70 valence electrons. The van der Waals surface area contributed by atoms with E-state index in [0.29, 0.717) is 0 Å². The Balaban J connectivity index is 2.28. The molecule has 1 atom stereocenters. The van der Waals surface area contributed by atoms with Crippen LogP contribution in [-0.4, -0.2) is 0 Å². The highest BCUT2D eigenvalue weighted by Crippen LogP contribution is 2.37. The van der Waals surface area contributed by atoms with Crippen LogP contribution in [0.5, 0.6) is 0 Å². The predicted molar refractivity (Wildman–Crippen MR) is 57.5 cm³/mol. The van der Waals surface area contributed by atoms with Gasteiger partial charge in [-0.15, -0.1) is 0 Å². The van der Waals surface area contributed by atoms with Crippen LogP contribution in [0.25, 0.3) is 0 Å². The van der Waals surface area contributed by atoms with Gasteiger partial charge in [0.25, 0.3) is 0 Å². The van der Waals surface area contributed by atoms with Crippen LogP contribution in [0.15, 0.2) is 35.5 Å². The van der Waals surface area contributed by atoms with Crippen molar-refractivity contribution in [2.24, 2.45) is 11.8 Å². The fourth-order valence-corrected chi connectivity index (χ4v) is 2.42. The molecule has 0 aromatic carbocycles. The Morgan fingerprint density at radius 1 is 1.31 bits per heavy atom. The summed E-state index contributed by atoms with van der Waals surface area (Å²) in [5.41, 5.74) is 3.11. The van der Waals surface area contributed by atoms with E-state index in [0.717, 1.165) is 18.3 Å². The summed E-state index contributed by atoms with van der Waals surface area (Å²) in [5.74, 6) is 1.60. The number of allylic oxidation sites excluding steroid dienone is 6. The van der Waals surface area contributed by atoms with Gasteiger partial charge in [-0.2, -0.15) is 0 Å². The molecule has 0 spiro atoms. The Hall–Kier alpha value is -0.780. The van der Waals surface area contributed by atoms with E-state index < -0.39 is 0 Å². The van der Waals surface area contributed by atoms with Gasteiger partial charge in [0.05, 0.1) is 0 Å². The Labute approximate surface area is 81.0 Å². The van der Waals surface area contributed by atoms with Gasteiger partial charge in [0, 0.05) is 0 Å². The summed E-state index contributed by atoms with van der Waals surface area (Å²) < 4.78 is 0. The van der Waals surface area contributed by atoms with E-state index in [9.17, 15) is 0 Å². The summed E-state index contributed by atoms with van der Waals surface area (Å²) in [6.45, 7) is 4.68. The Kier molecular flexibility index (Phi) is 2.39. The first-order valence-corrected chi connectivity index (χ1v) is 5.36. The Bertz CT molecular complexity index is 276. The molecular formula is C13H18. The lowest BCUT2D eigenvalue weighted by molar-refractivity contribution is 0.412. The monoisotopic (exact) mass is 174 g/mol. The zero-order chi connectivity index (χ0) is 9.26. The molecule has 2 rings (SSSR count). The molecule has 0 aromatic rings. The van der Waals surface area contributed by atoms with Crippen molar-refractivity contribution in [1.29, 1.82) is 0 Å². The minimum absolute atomic E-state index is 0.793. The van der Waals surface area contributed by atoms with Gasteiger partial charge in [-0.3, -0.25) is 0 Å². The summed E-state index contributed by atoms with van der Waals surface area (Å²) >= 11 is 0. The summed E-state index contributed by atoms with van der Waals surface area (Å²) in [6, 6.07) is 0. The topological polar surface area (TPSA) is 0 Å². The number of fused-ring (bicyclic) bond motifs is 1. The molecule has 0 radical (unpaired) electrons. The van der Waals surface area contributed by atoms with Gasteiger partial charge in [0.2, 0.25) is 0 Å². The van der Waals surface area contributed by atoms with Gasteiger partial charge in [-0.05, 0) is 42.2 Å². The van der Waals surface area contributed by atoms with Gasteiger partial charge in [-0.1, -0.05) is 38.2 Å². The Morgan fingerprint density at radius 2 is 2.15 bits per heavy atom. The summed E-state index contributed by atoms with van der Waals surface area (Å²) in [5, 5.41) is 0. The first-order valence-electron chi connectivity index (χ1n) is 5.36. The average Bonchev–Trinajstić information content (AvgIpc) is 2.17. The minimum Gasteiger partial charge on any atom is -0.0801 e. The first-order chi connectivity index (χ1) is 6.29. The molecule has 0 saturated carbocycles. The standard InChI is InChI=1S/C13H18/c1-10(2)12-9-5-7-11-6-3-4-8-13(11)12/h3,6-8,10,12H,4-5,9H2,1-2H3. The summed E-state index contributed by atoms with van der Waals surface area (Å²) in [6.07, 6.45) is 13.1. The van der Waals surface area contributed by atoms with Gasteiger partial charge in [0.15, 0.2) is 0 Å². The van der Waals surface area contributed by atoms with E-state index in [-0.39, 0.29) is 0 Å². The normalized spacial score (nSPS) is 26.8. The van der Waals surface area contributed by atoms with Gasteiger partial charge in [-0.25, -0.2) is 0 Å². The van der Waals surface area contributed by atoms with E-state index in [1.807, 2.05) is 0 Å². The van der Waals surface area contributed by atoms with E-state index in [1.165, 1.54) is 18.4 Å². The second-order valence-electron chi connectivity index (χ2n) is 4.38.